The Balaban J connectivity index is 2.34. The lowest BCUT2D eigenvalue weighted by molar-refractivity contribution is 0.0977. The van der Waals surface area contributed by atoms with Crippen LogP contribution in [0.3, 0.4) is 0 Å². The molecule has 16 heavy (non-hydrogen) atoms. The molecule has 1 aromatic carbocycles. The number of benzene rings is 1. The summed E-state index contributed by atoms with van der Waals surface area (Å²) in [6, 6.07) is 7.16. The molecule has 2 rings (SSSR count). The lowest BCUT2D eigenvalue weighted by Crippen LogP contribution is -2.37. The molecule has 5 heteroatoms. The fourth-order valence-electron chi connectivity index (χ4n) is 1.47. The second kappa shape index (κ2) is 4.41. The quantitative estimate of drug-likeness (QED) is 0.825. The Morgan fingerprint density at radius 3 is 2.56 bits per heavy atom. The van der Waals surface area contributed by atoms with Crippen molar-refractivity contribution in [2.45, 2.75) is 5.54 Å². The highest BCUT2D eigenvalue weighted by Gasteiger charge is 2.36. The fourth-order valence-corrected chi connectivity index (χ4v) is 1.68. The number of aliphatic hydroxyl groups is 2. The van der Waals surface area contributed by atoms with Gasteiger partial charge in [0.2, 0.25) is 5.90 Å². The molecule has 0 unspecified atom stereocenters. The van der Waals surface area contributed by atoms with Crippen LogP contribution in [-0.4, -0.2) is 41.5 Å². The van der Waals surface area contributed by atoms with Gasteiger partial charge in [-0.15, -0.1) is 0 Å². The van der Waals surface area contributed by atoms with E-state index in [0.29, 0.717) is 16.5 Å². The summed E-state index contributed by atoms with van der Waals surface area (Å²) in [6.07, 6.45) is 0. The third-order valence-corrected chi connectivity index (χ3v) is 2.84. The Morgan fingerprint density at radius 2 is 2.00 bits per heavy atom. The van der Waals surface area contributed by atoms with Gasteiger partial charge in [-0.05, 0) is 12.1 Å². The maximum Gasteiger partial charge on any atom is 0.218 e. The van der Waals surface area contributed by atoms with Crippen molar-refractivity contribution < 1.29 is 14.9 Å². The fraction of sp³-hybridized carbons (Fsp3) is 0.364. The molecule has 1 aliphatic rings. The van der Waals surface area contributed by atoms with E-state index in [2.05, 4.69) is 4.99 Å². The van der Waals surface area contributed by atoms with E-state index in [9.17, 15) is 10.2 Å². The highest BCUT2D eigenvalue weighted by Crippen LogP contribution is 2.24. The van der Waals surface area contributed by atoms with Crippen LogP contribution in [0.5, 0.6) is 0 Å². The number of ether oxygens (including phenoxy) is 1. The summed E-state index contributed by atoms with van der Waals surface area (Å²) >= 11 is 6.00. The van der Waals surface area contributed by atoms with Gasteiger partial charge in [0.05, 0.1) is 23.8 Å². The molecule has 0 aliphatic carbocycles. The summed E-state index contributed by atoms with van der Waals surface area (Å²) in [5.74, 6) is 0.369. The van der Waals surface area contributed by atoms with E-state index in [4.69, 9.17) is 16.3 Å². The maximum atomic E-state index is 9.17. The van der Waals surface area contributed by atoms with Gasteiger partial charge in [0, 0.05) is 0 Å². The zero-order chi connectivity index (χ0) is 11.6. The van der Waals surface area contributed by atoms with E-state index >= 15 is 0 Å². The van der Waals surface area contributed by atoms with Gasteiger partial charge < -0.3 is 14.9 Å². The highest BCUT2D eigenvalue weighted by molar-refractivity contribution is 6.33. The molecule has 0 saturated carbocycles. The average molecular weight is 242 g/mol. The van der Waals surface area contributed by atoms with E-state index in [1.807, 2.05) is 12.1 Å². The molecule has 0 radical (unpaired) electrons. The summed E-state index contributed by atoms with van der Waals surface area (Å²) in [6.45, 7) is -0.338. The van der Waals surface area contributed by atoms with Crippen molar-refractivity contribution in [1.82, 2.24) is 0 Å². The Kier molecular flexibility index (Phi) is 3.14. The lowest BCUT2D eigenvalue weighted by atomic mass is 10.1. The van der Waals surface area contributed by atoms with Crippen molar-refractivity contribution in [3.05, 3.63) is 34.9 Å². The van der Waals surface area contributed by atoms with Crippen LogP contribution < -0.4 is 0 Å². The Morgan fingerprint density at radius 1 is 1.31 bits per heavy atom. The first-order valence-electron chi connectivity index (χ1n) is 4.90. The third kappa shape index (κ3) is 1.91. The number of aliphatic hydroxyl groups excluding tert-OH is 2. The van der Waals surface area contributed by atoms with Gasteiger partial charge in [0.25, 0.3) is 0 Å². The molecule has 0 amide bonds. The van der Waals surface area contributed by atoms with Gasteiger partial charge >= 0.3 is 0 Å². The second-order valence-corrected chi connectivity index (χ2v) is 4.13. The van der Waals surface area contributed by atoms with Crippen LogP contribution in [-0.2, 0) is 4.74 Å². The Labute approximate surface area is 98.2 Å². The monoisotopic (exact) mass is 241 g/mol. The minimum Gasteiger partial charge on any atom is -0.475 e. The summed E-state index contributed by atoms with van der Waals surface area (Å²) < 4.78 is 5.36. The normalized spacial score (nSPS) is 18.1. The van der Waals surface area contributed by atoms with Gasteiger partial charge in [0.1, 0.15) is 12.1 Å². The van der Waals surface area contributed by atoms with Crippen molar-refractivity contribution in [3.8, 4) is 0 Å². The molecule has 0 spiro atoms. The van der Waals surface area contributed by atoms with E-state index in [-0.39, 0.29) is 19.8 Å². The molecule has 86 valence electrons. The second-order valence-electron chi connectivity index (χ2n) is 3.73. The van der Waals surface area contributed by atoms with Crippen molar-refractivity contribution in [2.75, 3.05) is 19.8 Å². The molecule has 0 atom stereocenters. The molecule has 0 bridgehead atoms. The molecular formula is C11H12ClNO3. The predicted octanol–water partition coefficient (Wildman–Crippen LogP) is 0.840. The van der Waals surface area contributed by atoms with Crippen molar-refractivity contribution in [3.63, 3.8) is 0 Å². The van der Waals surface area contributed by atoms with Gasteiger partial charge in [0.15, 0.2) is 0 Å². The first-order chi connectivity index (χ1) is 7.71. The number of halogens is 1. The lowest BCUT2D eigenvalue weighted by Gasteiger charge is -2.16. The maximum absolute atomic E-state index is 9.17. The molecular weight excluding hydrogens is 230 g/mol. The topological polar surface area (TPSA) is 62.0 Å². The summed E-state index contributed by atoms with van der Waals surface area (Å²) in [4.78, 5) is 4.20. The number of rotatable bonds is 3. The molecule has 0 fully saturated rings. The SMILES string of the molecule is OCC1(CO)COC(c2ccccc2Cl)=N1. The molecule has 1 heterocycles. The smallest absolute Gasteiger partial charge is 0.218 e. The first kappa shape index (κ1) is 11.4. The number of hydrogen-bond acceptors (Lipinski definition) is 4. The zero-order valence-electron chi connectivity index (χ0n) is 8.56. The van der Waals surface area contributed by atoms with Gasteiger partial charge in [-0.3, -0.25) is 0 Å². The summed E-state index contributed by atoms with van der Waals surface area (Å²) in [5, 5.41) is 18.9. The Hall–Kier alpha value is -1.10. The molecule has 0 saturated heterocycles. The Bertz CT molecular complexity index is 415. The van der Waals surface area contributed by atoms with E-state index in [0.717, 1.165) is 0 Å². The number of hydrogen-bond donors (Lipinski definition) is 2. The highest BCUT2D eigenvalue weighted by atomic mass is 35.5. The molecule has 4 nitrogen and oxygen atoms in total. The predicted molar refractivity (Wildman–Crippen MR) is 60.8 cm³/mol. The van der Waals surface area contributed by atoms with Crippen molar-refractivity contribution in [1.29, 1.82) is 0 Å². The van der Waals surface area contributed by atoms with Crippen LogP contribution in [0.1, 0.15) is 5.56 Å². The van der Waals surface area contributed by atoms with Crippen LogP contribution in [0.2, 0.25) is 5.02 Å². The molecule has 0 aromatic heterocycles. The average Bonchev–Trinajstić information content (AvgIpc) is 2.75. The van der Waals surface area contributed by atoms with Crippen LogP contribution >= 0.6 is 11.6 Å². The molecule has 1 aliphatic heterocycles. The standard InChI is InChI=1S/C11H12ClNO3/c12-9-4-2-1-3-8(9)10-13-11(5-14,6-15)7-16-10/h1-4,14-15H,5-7H2. The van der Waals surface area contributed by atoms with Gasteiger partial charge in [-0.2, -0.15) is 0 Å². The number of nitrogens with zero attached hydrogens (tertiary/aromatic N) is 1. The van der Waals surface area contributed by atoms with E-state index in [1.54, 1.807) is 12.1 Å². The minimum absolute atomic E-state index is 0.167. The largest absolute Gasteiger partial charge is 0.475 e. The van der Waals surface area contributed by atoms with E-state index < -0.39 is 5.54 Å². The number of aliphatic imine (C=N–C) groups is 1. The first-order valence-corrected chi connectivity index (χ1v) is 5.28. The third-order valence-electron chi connectivity index (χ3n) is 2.51. The van der Waals surface area contributed by atoms with Crippen LogP contribution in [0.25, 0.3) is 0 Å². The zero-order valence-corrected chi connectivity index (χ0v) is 9.31. The minimum atomic E-state index is -0.936. The van der Waals surface area contributed by atoms with Gasteiger partial charge in [-0.25, -0.2) is 4.99 Å². The van der Waals surface area contributed by atoms with E-state index in [1.165, 1.54) is 0 Å². The summed E-state index contributed by atoms with van der Waals surface area (Å²) in [5.41, 5.74) is -0.262. The van der Waals surface area contributed by atoms with Crippen LogP contribution in [0, 0.1) is 0 Å². The summed E-state index contributed by atoms with van der Waals surface area (Å²) in [7, 11) is 0. The van der Waals surface area contributed by atoms with Crippen LogP contribution in [0.15, 0.2) is 29.3 Å². The van der Waals surface area contributed by atoms with Gasteiger partial charge in [-0.1, -0.05) is 23.7 Å². The van der Waals surface area contributed by atoms with Crippen molar-refractivity contribution >= 4 is 17.5 Å². The molecule has 1 aromatic rings. The van der Waals surface area contributed by atoms with Crippen LogP contribution in [0.4, 0.5) is 0 Å². The van der Waals surface area contributed by atoms with Crippen molar-refractivity contribution in [2.24, 2.45) is 4.99 Å². The molecule has 2 N–H and O–H groups in total.